The van der Waals surface area contributed by atoms with Crippen molar-refractivity contribution >= 4 is 22.4 Å². The molecule has 0 saturated heterocycles. The van der Waals surface area contributed by atoms with Gasteiger partial charge < -0.3 is 9.67 Å². The fraction of sp³-hybridized carbons (Fsp3) is 0.444. The number of nitrogens with zero attached hydrogens (tertiary/aromatic N) is 2. The zero-order valence-electron chi connectivity index (χ0n) is 13.3. The number of halogens is 1. The molecule has 0 radical (unpaired) electrons. The summed E-state index contributed by atoms with van der Waals surface area (Å²) in [6.45, 7) is 4.80. The number of aliphatic imine (C=N–C) groups is 1. The maximum absolute atomic E-state index is 14.1. The third-order valence-electron chi connectivity index (χ3n) is 4.86. The maximum atomic E-state index is 14.1. The summed E-state index contributed by atoms with van der Waals surface area (Å²) in [7, 11) is 0. The molecule has 120 valence electrons. The van der Waals surface area contributed by atoms with E-state index in [1.807, 2.05) is 4.57 Å². The van der Waals surface area contributed by atoms with Crippen molar-refractivity contribution in [1.82, 2.24) is 4.57 Å². The number of benzene rings is 1. The summed E-state index contributed by atoms with van der Waals surface area (Å²) in [5, 5.41) is 10.3. The molecule has 0 unspecified atom stereocenters. The van der Waals surface area contributed by atoms with E-state index in [2.05, 4.69) is 18.8 Å². The third kappa shape index (κ3) is 2.06. The number of aromatic nitrogens is 1. The molecule has 1 aliphatic carbocycles. The summed E-state index contributed by atoms with van der Waals surface area (Å²) in [6, 6.07) is 2.79. The molecule has 1 aromatic carbocycles. The SMILES string of the molecule is CC1(C)CC2=NCC(=O)c3cc(F)cc4c3c2c(n4CCO)C1. The van der Waals surface area contributed by atoms with Crippen molar-refractivity contribution in [2.24, 2.45) is 10.4 Å². The van der Waals surface area contributed by atoms with E-state index in [1.165, 1.54) is 12.1 Å². The average Bonchev–Trinajstić information content (AvgIpc) is 2.68. The molecule has 0 fully saturated rings. The van der Waals surface area contributed by atoms with Crippen LogP contribution < -0.4 is 0 Å². The van der Waals surface area contributed by atoms with Gasteiger partial charge in [0.1, 0.15) is 12.4 Å². The van der Waals surface area contributed by atoms with Crippen molar-refractivity contribution in [3.8, 4) is 0 Å². The minimum atomic E-state index is -0.419. The van der Waals surface area contributed by atoms with Crippen LogP contribution in [-0.2, 0) is 13.0 Å². The highest BCUT2D eigenvalue weighted by molar-refractivity contribution is 6.22. The van der Waals surface area contributed by atoms with Gasteiger partial charge >= 0.3 is 0 Å². The van der Waals surface area contributed by atoms with Crippen LogP contribution in [0.15, 0.2) is 17.1 Å². The van der Waals surface area contributed by atoms with E-state index in [1.54, 1.807) is 0 Å². The molecule has 2 aliphatic rings. The van der Waals surface area contributed by atoms with Gasteiger partial charge in [0, 0.05) is 34.5 Å². The van der Waals surface area contributed by atoms with Gasteiger partial charge in [0.2, 0.25) is 0 Å². The lowest BCUT2D eigenvalue weighted by Gasteiger charge is -2.31. The highest BCUT2D eigenvalue weighted by atomic mass is 19.1. The summed E-state index contributed by atoms with van der Waals surface area (Å²) in [5.41, 5.74) is 4.14. The Labute approximate surface area is 133 Å². The minimum Gasteiger partial charge on any atom is -0.395 e. The van der Waals surface area contributed by atoms with Gasteiger partial charge in [-0.1, -0.05) is 13.8 Å². The Morgan fingerprint density at radius 1 is 1.35 bits per heavy atom. The second kappa shape index (κ2) is 4.74. The van der Waals surface area contributed by atoms with Crippen molar-refractivity contribution in [1.29, 1.82) is 0 Å². The van der Waals surface area contributed by atoms with Gasteiger partial charge in [-0.2, -0.15) is 0 Å². The van der Waals surface area contributed by atoms with E-state index >= 15 is 0 Å². The lowest BCUT2D eigenvalue weighted by Crippen LogP contribution is -2.29. The Morgan fingerprint density at radius 3 is 2.87 bits per heavy atom. The number of hydrogen-bond donors (Lipinski definition) is 1. The average molecular weight is 314 g/mol. The fourth-order valence-corrected chi connectivity index (χ4v) is 4.01. The molecule has 1 N–H and O–H groups in total. The van der Waals surface area contributed by atoms with Crippen molar-refractivity contribution in [3.63, 3.8) is 0 Å². The molecule has 23 heavy (non-hydrogen) atoms. The summed E-state index contributed by atoms with van der Waals surface area (Å²) in [5.74, 6) is -0.559. The Bertz CT molecular complexity index is 877. The van der Waals surface area contributed by atoms with Crippen LogP contribution in [0.1, 0.15) is 41.9 Å². The first-order valence-corrected chi connectivity index (χ1v) is 7.94. The third-order valence-corrected chi connectivity index (χ3v) is 4.86. The molecule has 2 aromatic rings. The number of ketones is 1. The first-order chi connectivity index (χ1) is 10.9. The lowest BCUT2D eigenvalue weighted by molar-refractivity contribution is 0.100. The molecule has 4 rings (SSSR count). The number of hydrogen-bond acceptors (Lipinski definition) is 3. The van der Waals surface area contributed by atoms with Crippen LogP contribution in [0.25, 0.3) is 10.9 Å². The smallest absolute Gasteiger partial charge is 0.185 e. The highest BCUT2D eigenvalue weighted by Gasteiger charge is 2.36. The van der Waals surface area contributed by atoms with Crippen LogP contribution in [0.2, 0.25) is 0 Å². The van der Waals surface area contributed by atoms with Crippen LogP contribution in [0.5, 0.6) is 0 Å². The van der Waals surface area contributed by atoms with Gasteiger partial charge in [0.25, 0.3) is 0 Å². The number of rotatable bonds is 2. The molecular formula is C18H19FN2O2. The van der Waals surface area contributed by atoms with Gasteiger partial charge in [0.15, 0.2) is 5.78 Å². The van der Waals surface area contributed by atoms with Crippen LogP contribution in [0.4, 0.5) is 4.39 Å². The largest absolute Gasteiger partial charge is 0.395 e. The maximum Gasteiger partial charge on any atom is 0.185 e. The van der Waals surface area contributed by atoms with E-state index in [4.69, 9.17) is 0 Å². The minimum absolute atomic E-state index is 0.0249. The standard InChI is InChI=1S/C18H19FN2O2/c1-18(2)7-12-17-14(8-18)21(3-4-22)13-6-10(19)5-11(16(13)17)15(23)9-20-12/h5-6,22H,3-4,7-9H2,1-2H3. The van der Waals surface area contributed by atoms with E-state index in [-0.39, 0.29) is 24.3 Å². The molecule has 0 atom stereocenters. The van der Waals surface area contributed by atoms with Crippen LogP contribution in [-0.4, -0.2) is 34.3 Å². The number of aliphatic hydroxyl groups is 1. The molecule has 5 heteroatoms. The molecular weight excluding hydrogens is 295 g/mol. The summed E-state index contributed by atoms with van der Waals surface area (Å²) in [4.78, 5) is 17.0. The number of Topliss-reactive ketones (excluding diaryl/α,β-unsaturated/α-hetero) is 1. The summed E-state index contributed by atoms with van der Waals surface area (Å²) >= 11 is 0. The Kier molecular flexibility index (Phi) is 3.00. The first kappa shape index (κ1) is 14.6. The zero-order valence-corrected chi connectivity index (χ0v) is 13.3. The van der Waals surface area contributed by atoms with Gasteiger partial charge in [-0.25, -0.2) is 4.39 Å². The zero-order chi connectivity index (χ0) is 16.4. The van der Waals surface area contributed by atoms with Gasteiger partial charge in [-0.15, -0.1) is 0 Å². The Morgan fingerprint density at radius 2 is 2.13 bits per heavy atom. The van der Waals surface area contributed by atoms with Gasteiger partial charge in [-0.05, 0) is 30.4 Å². The lowest BCUT2D eigenvalue weighted by atomic mass is 9.75. The van der Waals surface area contributed by atoms with Crippen LogP contribution in [0, 0.1) is 11.2 Å². The van der Waals surface area contributed by atoms with Crippen molar-refractivity contribution in [2.45, 2.75) is 33.2 Å². The quantitative estimate of drug-likeness (QED) is 0.926. The molecule has 1 aliphatic heterocycles. The molecule has 0 amide bonds. The molecule has 2 heterocycles. The number of carbonyl (C=O) groups excluding carboxylic acids is 1. The molecule has 0 spiro atoms. The van der Waals surface area contributed by atoms with E-state index in [0.29, 0.717) is 17.6 Å². The monoisotopic (exact) mass is 314 g/mol. The van der Waals surface area contributed by atoms with Gasteiger partial charge in [-0.3, -0.25) is 9.79 Å². The molecule has 0 saturated carbocycles. The van der Waals surface area contributed by atoms with Crippen molar-refractivity contribution in [2.75, 3.05) is 13.2 Å². The van der Waals surface area contributed by atoms with Crippen molar-refractivity contribution < 1.29 is 14.3 Å². The summed E-state index contributed by atoms with van der Waals surface area (Å²) in [6.07, 6.45) is 1.63. The van der Waals surface area contributed by atoms with E-state index < -0.39 is 5.82 Å². The molecule has 0 bridgehead atoms. The number of carbonyl (C=O) groups is 1. The van der Waals surface area contributed by atoms with Crippen LogP contribution >= 0.6 is 0 Å². The second-order valence-corrected chi connectivity index (χ2v) is 7.25. The van der Waals surface area contributed by atoms with E-state index in [0.717, 1.165) is 35.2 Å². The predicted molar refractivity (Wildman–Crippen MR) is 86.8 cm³/mol. The van der Waals surface area contributed by atoms with Gasteiger partial charge in [0.05, 0.1) is 12.1 Å². The summed E-state index contributed by atoms with van der Waals surface area (Å²) < 4.78 is 16.0. The first-order valence-electron chi connectivity index (χ1n) is 7.94. The second-order valence-electron chi connectivity index (χ2n) is 7.25. The number of aliphatic hydroxyl groups excluding tert-OH is 1. The fourth-order valence-electron chi connectivity index (χ4n) is 4.01. The normalized spacial score (nSPS) is 19.0. The molecule has 4 nitrogen and oxygen atoms in total. The Balaban J connectivity index is 2.17. The van der Waals surface area contributed by atoms with Crippen molar-refractivity contribution in [3.05, 3.63) is 34.8 Å². The molecule has 1 aromatic heterocycles. The van der Waals surface area contributed by atoms with E-state index in [9.17, 15) is 14.3 Å². The topological polar surface area (TPSA) is 54.6 Å². The Hall–Kier alpha value is -2.01. The highest BCUT2D eigenvalue weighted by Crippen LogP contribution is 2.42. The van der Waals surface area contributed by atoms with Crippen LogP contribution in [0.3, 0.4) is 0 Å². The predicted octanol–water partition coefficient (Wildman–Crippen LogP) is 2.73.